The van der Waals surface area contributed by atoms with E-state index in [4.69, 9.17) is 4.84 Å². The number of carbonyl (C=O) groups excluding carboxylic acids is 1. The number of hydroxylamine groups is 1. The number of rotatable bonds is 7. The number of aliphatic hydroxyl groups is 1. The molecule has 3 N–H and O–H groups in total. The van der Waals surface area contributed by atoms with Crippen molar-refractivity contribution in [1.29, 1.82) is 0 Å². The third kappa shape index (κ3) is 4.33. The van der Waals surface area contributed by atoms with E-state index in [0.717, 1.165) is 12.0 Å². The molecule has 1 atom stereocenters. The Labute approximate surface area is 168 Å². The van der Waals surface area contributed by atoms with E-state index >= 15 is 0 Å². The van der Waals surface area contributed by atoms with Crippen LogP contribution < -0.4 is 16.4 Å². The summed E-state index contributed by atoms with van der Waals surface area (Å²) in [5, 5.41) is 12.3. The molecule has 2 aromatic rings. The number of nitrogens with one attached hydrogen (secondary N) is 2. The number of hydrogen-bond donors (Lipinski definition) is 3. The zero-order chi connectivity index (χ0) is 21.1. The second-order valence-corrected chi connectivity index (χ2v) is 7.28. The zero-order valence-corrected chi connectivity index (χ0v) is 16.8. The standard InChI is InChI=1S/C21H26FN3O4/c1-4-13-8-9-17(16(22)10-13)23-19-18(20(27)24-29-11-12(2)26)14-6-5-7-15(14)21(28)25(19)3/h8-10,12,23,26H,4-7,11H2,1-3H3,(H,24,27). The molecule has 1 heterocycles. The first-order valence-corrected chi connectivity index (χ1v) is 9.73. The first kappa shape index (κ1) is 21.0. The van der Waals surface area contributed by atoms with Crippen molar-refractivity contribution in [2.45, 2.75) is 45.6 Å². The molecule has 0 bridgehead atoms. The highest BCUT2D eigenvalue weighted by atomic mass is 19.1. The largest absolute Gasteiger partial charge is 0.391 e. The molecule has 3 rings (SSSR count). The van der Waals surface area contributed by atoms with Gasteiger partial charge in [0.2, 0.25) is 0 Å². The third-order valence-electron chi connectivity index (χ3n) is 5.07. The quantitative estimate of drug-likeness (QED) is 0.618. The van der Waals surface area contributed by atoms with E-state index in [1.807, 2.05) is 6.92 Å². The fourth-order valence-corrected chi connectivity index (χ4v) is 3.55. The highest BCUT2D eigenvalue weighted by Crippen LogP contribution is 2.30. The number of fused-ring (bicyclic) bond motifs is 1. The van der Waals surface area contributed by atoms with Crippen LogP contribution >= 0.6 is 0 Å². The number of aliphatic hydroxyl groups excluding tert-OH is 1. The molecule has 1 aliphatic rings. The van der Waals surface area contributed by atoms with Crippen molar-refractivity contribution in [2.75, 3.05) is 11.9 Å². The van der Waals surface area contributed by atoms with Crippen LogP contribution in [-0.2, 0) is 31.1 Å². The molecule has 29 heavy (non-hydrogen) atoms. The molecule has 0 saturated heterocycles. The molecule has 0 spiro atoms. The lowest BCUT2D eigenvalue weighted by molar-refractivity contribution is -0.00689. The summed E-state index contributed by atoms with van der Waals surface area (Å²) in [5.74, 6) is -0.807. The number of anilines is 2. The van der Waals surface area contributed by atoms with Crippen LogP contribution in [0.2, 0.25) is 0 Å². The summed E-state index contributed by atoms with van der Waals surface area (Å²) in [4.78, 5) is 30.7. The number of aryl methyl sites for hydroxylation is 1. The van der Waals surface area contributed by atoms with E-state index in [2.05, 4.69) is 10.8 Å². The Morgan fingerprint density at radius 3 is 2.72 bits per heavy atom. The highest BCUT2D eigenvalue weighted by Gasteiger charge is 2.28. The SMILES string of the molecule is CCc1ccc(Nc2c(C(=O)NOCC(C)O)c3c(c(=O)n2C)CCC3)c(F)c1. The number of aromatic nitrogens is 1. The molecule has 0 radical (unpaired) electrons. The molecule has 0 fully saturated rings. The summed E-state index contributed by atoms with van der Waals surface area (Å²) >= 11 is 0. The molecular formula is C21H26FN3O4. The Bertz CT molecular complexity index is 985. The van der Waals surface area contributed by atoms with E-state index in [0.29, 0.717) is 30.4 Å². The van der Waals surface area contributed by atoms with Crippen molar-refractivity contribution in [1.82, 2.24) is 10.0 Å². The van der Waals surface area contributed by atoms with Crippen molar-refractivity contribution in [3.05, 3.63) is 56.6 Å². The van der Waals surface area contributed by atoms with Crippen LogP contribution in [0, 0.1) is 5.82 Å². The lowest BCUT2D eigenvalue weighted by Crippen LogP contribution is -2.33. The Balaban J connectivity index is 2.04. The van der Waals surface area contributed by atoms with Crippen LogP contribution in [0.5, 0.6) is 0 Å². The molecule has 1 amide bonds. The minimum Gasteiger partial charge on any atom is -0.391 e. The van der Waals surface area contributed by atoms with Crippen LogP contribution in [0.1, 0.15) is 47.3 Å². The van der Waals surface area contributed by atoms with Crippen LogP contribution in [-0.4, -0.2) is 28.3 Å². The zero-order valence-electron chi connectivity index (χ0n) is 16.8. The van der Waals surface area contributed by atoms with E-state index < -0.39 is 17.8 Å². The number of carbonyl (C=O) groups is 1. The molecule has 0 aliphatic heterocycles. The average molecular weight is 403 g/mol. The fraction of sp³-hybridized carbons (Fsp3) is 0.429. The number of nitrogens with zero attached hydrogens (tertiary/aromatic N) is 1. The van der Waals surface area contributed by atoms with Gasteiger partial charge in [-0.3, -0.25) is 19.0 Å². The highest BCUT2D eigenvalue weighted by molar-refractivity contribution is 6.01. The summed E-state index contributed by atoms with van der Waals surface area (Å²) in [6, 6.07) is 4.82. The van der Waals surface area contributed by atoms with Crippen LogP contribution in [0.25, 0.3) is 0 Å². The van der Waals surface area contributed by atoms with Gasteiger partial charge in [-0.2, -0.15) is 0 Å². The number of pyridine rings is 1. The van der Waals surface area contributed by atoms with Crippen molar-refractivity contribution in [2.24, 2.45) is 7.05 Å². The van der Waals surface area contributed by atoms with E-state index in [1.54, 1.807) is 19.2 Å². The van der Waals surface area contributed by atoms with Crippen molar-refractivity contribution in [3.8, 4) is 0 Å². The summed E-state index contributed by atoms with van der Waals surface area (Å²) < 4.78 is 15.9. The first-order chi connectivity index (χ1) is 13.8. The fourth-order valence-electron chi connectivity index (χ4n) is 3.55. The van der Waals surface area contributed by atoms with Crippen molar-refractivity contribution >= 4 is 17.4 Å². The van der Waals surface area contributed by atoms with E-state index in [-0.39, 0.29) is 29.2 Å². The number of amides is 1. The van der Waals surface area contributed by atoms with Gasteiger partial charge in [0, 0.05) is 12.6 Å². The van der Waals surface area contributed by atoms with Gasteiger partial charge in [-0.1, -0.05) is 13.0 Å². The van der Waals surface area contributed by atoms with Gasteiger partial charge in [0.25, 0.3) is 11.5 Å². The monoisotopic (exact) mass is 403 g/mol. The first-order valence-electron chi connectivity index (χ1n) is 9.73. The van der Waals surface area contributed by atoms with Gasteiger partial charge in [0.1, 0.15) is 18.2 Å². The molecule has 8 heteroatoms. The second kappa shape index (κ2) is 8.75. The topological polar surface area (TPSA) is 92.6 Å². The predicted octanol–water partition coefficient (Wildman–Crippen LogP) is 2.36. The van der Waals surface area contributed by atoms with Crippen molar-refractivity contribution in [3.63, 3.8) is 0 Å². The molecule has 1 unspecified atom stereocenters. The van der Waals surface area contributed by atoms with Gasteiger partial charge in [-0.25, -0.2) is 9.87 Å². The van der Waals surface area contributed by atoms with Gasteiger partial charge in [-0.05, 0) is 55.9 Å². The normalized spacial score (nSPS) is 13.8. The van der Waals surface area contributed by atoms with Crippen LogP contribution in [0.15, 0.2) is 23.0 Å². The van der Waals surface area contributed by atoms with Crippen molar-refractivity contribution < 1.29 is 19.1 Å². The molecule has 7 nitrogen and oxygen atoms in total. The number of hydrogen-bond acceptors (Lipinski definition) is 5. The lowest BCUT2D eigenvalue weighted by atomic mass is 10.0. The van der Waals surface area contributed by atoms with E-state index in [9.17, 15) is 19.1 Å². The Hall–Kier alpha value is -2.71. The van der Waals surface area contributed by atoms with Crippen LogP contribution in [0.3, 0.4) is 0 Å². The maximum absolute atomic E-state index is 14.6. The molecule has 1 aromatic carbocycles. The third-order valence-corrected chi connectivity index (χ3v) is 5.07. The smallest absolute Gasteiger partial charge is 0.278 e. The second-order valence-electron chi connectivity index (χ2n) is 7.28. The average Bonchev–Trinajstić information content (AvgIpc) is 3.16. The van der Waals surface area contributed by atoms with Gasteiger partial charge >= 0.3 is 0 Å². The van der Waals surface area contributed by atoms with Gasteiger partial charge in [0.05, 0.1) is 17.4 Å². The summed E-state index contributed by atoms with van der Waals surface area (Å²) in [6.07, 6.45) is 1.89. The molecular weight excluding hydrogens is 377 g/mol. The summed E-state index contributed by atoms with van der Waals surface area (Å²) in [6.45, 7) is 3.39. The Morgan fingerprint density at radius 1 is 1.34 bits per heavy atom. The van der Waals surface area contributed by atoms with Gasteiger partial charge < -0.3 is 10.4 Å². The van der Waals surface area contributed by atoms with Crippen LogP contribution in [0.4, 0.5) is 15.9 Å². The number of benzene rings is 1. The van der Waals surface area contributed by atoms with E-state index in [1.165, 1.54) is 17.6 Å². The predicted molar refractivity (Wildman–Crippen MR) is 108 cm³/mol. The molecule has 0 saturated carbocycles. The maximum Gasteiger partial charge on any atom is 0.278 e. The maximum atomic E-state index is 14.6. The minimum absolute atomic E-state index is 0.0738. The van der Waals surface area contributed by atoms with Gasteiger partial charge in [-0.15, -0.1) is 0 Å². The lowest BCUT2D eigenvalue weighted by Gasteiger charge is -2.20. The Kier molecular flexibility index (Phi) is 6.34. The number of halogens is 1. The summed E-state index contributed by atoms with van der Waals surface area (Å²) in [5.41, 5.74) is 4.64. The Morgan fingerprint density at radius 2 is 2.07 bits per heavy atom. The summed E-state index contributed by atoms with van der Waals surface area (Å²) in [7, 11) is 1.55. The molecule has 156 valence electrons. The molecule has 1 aromatic heterocycles. The van der Waals surface area contributed by atoms with Gasteiger partial charge in [0.15, 0.2) is 0 Å². The minimum atomic E-state index is -0.745. The molecule has 1 aliphatic carbocycles.